The molecule has 0 unspecified atom stereocenters. The molecule has 17 heavy (non-hydrogen) atoms. The molecule has 6 heteroatoms. The number of hydrogen-bond acceptors (Lipinski definition) is 5. The van der Waals surface area contributed by atoms with Crippen LogP contribution >= 0.6 is 11.5 Å². The lowest BCUT2D eigenvalue weighted by atomic mass is 9.91. The van der Waals surface area contributed by atoms with Gasteiger partial charge in [0.25, 0.3) is 5.91 Å². The smallest absolute Gasteiger partial charge is 0.265 e. The minimum atomic E-state index is -0.0702. The Kier molecular flexibility index (Phi) is 4.06. The lowest BCUT2D eigenvalue weighted by Crippen LogP contribution is -2.49. The second kappa shape index (κ2) is 5.55. The van der Waals surface area contributed by atoms with Crippen LogP contribution in [0.2, 0.25) is 0 Å². The standard InChI is InChI=1S/C11H18N4OS/c1-2-8-10(17-15-14-8)11(16)13-9-6-4-3-5-7(9)12/h7,9H,2-6,12H2,1H3,(H,13,16)/t7-,9-/m1/s1. The highest BCUT2D eigenvalue weighted by Crippen LogP contribution is 2.18. The van der Waals surface area contributed by atoms with Crippen LogP contribution in [-0.2, 0) is 6.42 Å². The molecule has 1 aromatic heterocycles. The first-order chi connectivity index (χ1) is 8.22. The van der Waals surface area contributed by atoms with Crippen molar-refractivity contribution in [1.29, 1.82) is 0 Å². The highest BCUT2D eigenvalue weighted by atomic mass is 32.1. The molecule has 0 radical (unpaired) electrons. The van der Waals surface area contributed by atoms with E-state index in [9.17, 15) is 4.79 Å². The van der Waals surface area contributed by atoms with Crippen molar-refractivity contribution in [2.75, 3.05) is 0 Å². The molecule has 94 valence electrons. The highest BCUT2D eigenvalue weighted by Gasteiger charge is 2.25. The summed E-state index contributed by atoms with van der Waals surface area (Å²) in [6.07, 6.45) is 5.00. The van der Waals surface area contributed by atoms with Crippen LogP contribution in [0.25, 0.3) is 0 Å². The molecule has 3 N–H and O–H groups in total. The summed E-state index contributed by atoms with van der Waals surface area (Å²) in [5, 5.41) is 6.96. The number of rotatable bonds is 3. The third kappa shape index (κ3) is 2.81. The average molecular weight is 254 g/mol. The third-order valence-corrected chi connectivity index (χ3v) is 4.00. The molecule has 0 aliphatic heterocycles. The number of nitrogens with two attached hydrogens (primary N) is 1. The van der Waals surface area contributed by atoms with Crippen LogP contribution in [0.3, 0.4) is 0 Å². The zero-order valence-corrected chi connectivity index (χ0v) is 10.8. The lowest BCUT2D eigenvalue weighted by Gasteiger charge is -2.29. The molecular weight excluding hydrogens is 236 g/mol. The van der Waals surface area contributed by atoms with Gasteiger partial charge in [-0.15, -0.1) is 5.10 Å². The number of nitrogens with one attached hydrogen (secondary N) is 1. The third-order valence-electron chi connectivity index (χ3n) is 3.23. The quantitative estimate of drug-likeness (QED) is 0.846. The Hall–Kier alpha value is -1.01. The Morgan fingerprint density at radius 1 is 1.53 bits per heavy atom. The second-order valence-electron chi connectivity index (χ2n) is 4.43. The fraction of sp³-hybridized carbons (Fsp3) is 0.727. The maximum Gasteiger partial charge on any atom is 0.265 e. The zero-order chi connectivity index (χ0) is 12.3. The summed E-state index contributed by atoms with van der Waals surface area (Å²) in [7, 11) is 0. The van der Waals surface area contributed by atoms with Crippen LogP contribution < -0.4 is 11.1 Å². The maximum atomic E-state index is 12.1. The van der Waals surface area contributed by atoms with Gasteiger partial charge in [0.05, 0.1) is 5.69 Å². The van der Waals surface area contributed by atoms with E-state index in [1.165, 1.54) is 0 Å². The van der Waals surface area contributed by atoms with Crippen LogP contribution in [0.4, 0.5) is 0 Å². The topological polar surface area (TPSA) is 80.9 Å². The molecule has 1 saturated carbocycles. The van der Waals surface area contributed by atoms with Crippen molar-refractivity contribution in [3.05, 3.63) is 10.6 Å². The summed E-state index contributed by atoms with van der Waals surface area (Å²) < 4.78 is 3.83. The van der Waals surface area contributed by atoms with Crippen LogP contribution in [0.1, 0.15) is 48.0 Å². The molecule has 5 nitrogen and oxygen atoms in total. The predicted octanol–water partition coefficient (Wildman–Crippen LogP) is 1.10. The minimum absolute atomic E-state index is 0.0702. The van der Waals surface area contributed by atoms with Crippen molar-refractivity contribution in [1.82, 2.24) is 14.9 Å². The number of amides is 1. The van der Waals surface area contributed by atoms with Crippen LogP contribution in [0.15, 0.2) is 0 Å². The van der Waals surface area contributed by atoms with E-state index in [4.69, 9.17) is 5.73 Å². The van der Waals surface area contributed by atoms with Gasteiger partial charge in [0.15, 0.2) is 0 Å². The molecule has 2 rings (SSSR count). The number of carbonyl (C=O) groups excluding carboxylic acids is 1. The van der Waals surface area contributed by atoms with Crippen molar-refractivity contribution in [3.8, 4) is 0 Å². The fourth-order valence-electron chi connectivity index (χ4n) is 2.19. The van der Waals surface area contributed by atoms with Crippen LogP contribution in [0.5, 0.6) is 0 Å². The van der Waals surface area contributed by atoms with Crippen molar-refractivity contribution < 1.29 is 4.79 Å². The number of carbonyl (C=O) groups is 1. The SMILES string of the molecule is CCc1nnsc1C(=O)N[C@@H]1CCCC[C@H]1N. The van der Waals surface area contributed by atoms with Crippen molar-refractivity contribution in [3.63, 3.8) is 0 Å². The van der Waals surface area contributed by atoms with Crippen molar-refractivity contribution in [2.45, 2.75) is 51.1 Å². The zero-order valence-electron chi connectivity index (χ0n) is 9.98. The van der Waals surface area contributed by atoms with Gasteiger partial charge in [0.2, 0.25) is 0 Å². The van der Waals surface area contributed by atoms with E-state index < -0.39 is 0 Å². The lowest BCUT2D eigenvalue weighted by molar-refractivity contribution is 0.0924. The summed E-state index contributed by atoms with van der Waals surface area (Å²) >= 11 is 1.16. The maximum absolute atomic E-state index is 12.1. The van der Waals surface area contributed by atoms with E-state index in [0.29, 0.717) is 4.88 Å². The first kappa shape index (κ1) is 12.4. The molecule has 1 amide bonds. The molecule has 0 spiro atoms. The van der Waals surface area contributed by atoms with Crippen LogP contribution in [0, 0.1) is 0 Å². The monoisotopic (exact) mass is 254 g/mol. The summed E-state index contributed by atoms with van der Waals surface area (Å²) in [6.45, 7) is 1.97. The van der Waals surface area contributed by atoms with Gasteiger partial charge in [0, 0.05) is 12.1 Å². The van der Waals surface area contributed by atoms with Gasteiger partial charge in [-0.2, -0.15) is 0 Å². The van der Waals surface area contributed by atoms with Gasteiger partial charge in [-0.3, -0.25) is 4.79 Å². The fourth-order valence-corrected chi connectivity index (χ4v) is 2.84. The molecule has 0 bridgehead atoms. The van der Waals surface area contributed by atoms with E-state index in [2.05, 4.69) is 14.9 Å². The summed E-state index contributed by atoms with van der Waals surface area (Å²) in [5.74, 6) is -0.0702. The van der Waals surface area contributed by atoms with E-state index in [1.807, 2.05) is 6.92 Å². The molecule has 1 aliphatic carbocycles. The number of aromatic nitrogens is 2. The van der Waals surface area contributed by atoms with Gasteiger partial charge in [-0.05, 0) is 30.8 Å². The Morgan fingerprint density at radius 3 is 3.00 bits per heavy atom. The molecule has 1 aliphatic rings. The number of aryl methyl sites for hydroxylation is 1. The molecule has 2 atom stereocenters. The Morgan fingerprint density at radius 2 is 2.29 bits per heavy atom. The van der Waals surface area contributed by atoms with Crippen molar-refractivity contribution >= 4 is 17.4 Å². The van der Waals surface area contributed by atoms with E-state index >= 15 is 0 Å². The Bertz CT molecular complexity index is 393. The molecule has 1 heterocycles. The van der Waals surface area contributed by atoms with Gasteiger partial charge in [0.1, 0.15) is 4.88 Å². The van der Waals surface area contributed by atoms with Gasteiger partial charge in [-0.25, -0.2) is 0 Å². The highest BCUT2D eigenvalue weighted by molar-refractivity contribution is 7.08. The summed E-state index contributed by atoms with van der Waals surface area (Å²) in [5.41, 5.74) is 6.78. The minimum Gasteiger partial charge on any atom is -0.347 e. The number of nitrogens with zero attached hydrogens (tertiary/aromatic N) is 2. The Balaban J connectivity index is 2.01. The first-order valence-corrected chi connectivity index (χ1v) is 6.87. The molecule has 0 saturated heterocycles. The summed E-state index contributed by atoms with van der Waals surface area (Å²) in [6, 6.07) is 0.182. The average Bonchev–Trinajstić information content (AvgIpc) is 2.80. The van der Waals surface area contributed by atoms with E-state index in [-0.39, 0.29) is 18.0 Å². The van der Waals surface area contributed by atoms with E-state index in [0.717, 1.165) is 49.3 Å². The second-order valence-corrected chi connectivity index (χ2v) is 5.18. The Labute approximate surface area is 105 Å². The number of hydrogen-bond donors (Lipinski definition) is 2. The largest absolute Gasteiger partial charge is 0.347 e. The van der Waals surface area contributed by atoms with E-state index in [1.54, 1.807) is 0 Å². The predicted molar refractivity (Wildman–Crippen MR) is 67.0 cm³/mol. The first-order valence-electron chi connectivity index (χ1n) is 6.10. The van der Waals surface area contributed by atoms with Gasteiger partial charge in [-0.1, -0.05) is 24.3 Å². The molecule has 0 aromatic carbocycles. The normalized spacial score (nSPS) is 24.6. The molecule has 1 fully saturated rings. The molecule has 1 aromatic rings. The molecular formula is C11H18N4OS. The summed E-state index contributed by atoms with van der Waals surface area (Å²) in [4.78, 5) is 12.7. The van der Waals surface area contributed by atoms with Gasteiger partial charge < -0.3 is 11.1 Å². The van der Waals surface area contributed by atoms with Crippen molar-refractivity contribution in [2.24, 2.45) is 5.73 Å². The van der Waals surface area contributed by atoms with Crippen LogP contribution in [-0.4, -0.2) is 27.6 Å². The van der Waals surface area contributed by atoms with Gasteiger partial charge >= 0.3 is 0 Å².